The molecule has 2 nitrogen and oxygen atoms in total. The van der Waals surface area contributed by atoms with Gasteiger partial charge in [-0.25, -0.2) is 0 Å². The summed E-state index contributed by atoms with van der Waals surface area (Å²) in [6, 6.07) is 0. The third kappa shape index (κ3) is 1.47. The summed E-state index contributed by atoms with van der Waals surface area (Å²) in [7, 11) is 0. The zero-order chi connectivity index (χ0) is 8.32. The van der Waals surface area contributed by atoms with Crippen LogP contribution in [0.4, 0.5) is 0 Å². The first-order valence-corrected chi connectivity index (χ1v) is 4.07. The van der Waals surface area contributed by atoms with Gasteiger partial charge < -0.3 is 9.47 Å². The normalized spacial score (nSPS) is 41.0. The summed E-state index contributed by atoms with van der Waals surface area (Å²) in [5.41, 5.74) is 0.0833. The summed E-state index contributed by atoms with van der Waals surface area (Å²) in [5.74, 6) is 0. The van der Waals surface area contributed by atoms with E-state index in [1.807, 2.05) is 0 Å². The number of ether oxygens (including phenoxy) is 2. The Labute approximate surface area is 68.2 Å². The summed E-state index contributed by atoms with van der Waals surface area (Å²) in [5, 5.41) is 0. The van der Waals surface area contributed by atoms with Crippen LogP contribution in [0, 0.1) is 0 Å². The van der Waals surface area contributed by atoms with Crippen LogP contribution in [0.5, 0.6) is 0 Å². The number of rotatable bonds is 0. The van der Waals surface area contributed by atoms with Gasteiger partial charge in [0.25, 0.3) is 0 Å². The molecule has 0 spiro atoms. The highest BCUT2D eigenvalue weighted by Crippen LogP contribution is 2.36. The van der Waals surface area contributed by atoms with Crippen LogP contribution < -0.4 is 0 Å². The van der Waals surface area contributed by atoms with Gasteiger partial charge in [0.15, 0.2) is 0 Å². The Morgan fingerprint density at radius 1 is 1.36 bits per heavy atom. The highest BCUT2D eigenvalue weighted by Gasteiger charge is 2.44. The van der Waals surface area contributed by atoms with Gasteiger partial charge in [0.1, 0.15) is 0 Å². The monoisotopic (exact) mass is 156 g/mol. The summed E-state index contributed by atoms with van der Waals surface area (Å²) in [4.78, 5) is 0. The van der Waals surface area contributed by atoms with Gasteiger partial charge in [0, 0.05) is 13.0 Å². The van der Waals surface area contributed by atoms with Gasteiger partial charge in [0.05, 0.1) is 18.3 Å². The molecule has 0 aromatic carbocycles. The lowest BCUT2D eigenvalue weighted by Gasteiger charge is -2.19. The molecule has 0 aromatic rings. The molecule has 2 atom stereocenters. The Kier molecular flexibility index (Phi) is 2.68. The van der Waals surface area contributed by atoms with Crippen molar-refractivity contribution in [1.82, 2.24) is 0 Å². The Hall–Kier alpha value is -0.340. The molecule has 2 heteroatoms. The fourth-order valence-electron chi connectivity index (χ4n) is 1.69. The smallest absolute Gasteiger partial charge is 0.0937 e. The molecule has 0 aliphatic carbocycles. The van der Waals surface area contributed by atoms with E-state index in [2.05, 4.69) is 20.1 Å². The largest absolute Gasteiger partial charge is 0.375 e. The molecular weight excluding hydrogens is 140 g/mol. The molecule has 2 aliphatic heterocycles. The quantitative estimate of drug-likeness (QED) is 0.497. The highest BCUT2D eigenvalue weighted by atomic mass is 16.6. The van der Waals surface area contributed by atoms with Gasteiger partial charge in [-0.05, 0) is 13.3 Å². The lowest BCUT2D eigenvalue weighted by atomic mass is 9.99. The minimum absolute atomic E-state index is 0.0833. The maximum Gasteiger partial charge on any atom is 0.0937 e. The molecule has 64 valence electrons. The van der Waals surface area contributed by atoms with E-state index in [4.69, 9.17) is 9.47 Å². The third-order valence-corrected chi connectivity index (χ3v) is 2.41. The Morgan fingerprint density at radius 2 is 2.09 bits per heavy atom. The molecule has 0 aromatic heterocycles. The maximum absolute atomic E-state index is 5.54. The number of hydrogen-bond donors (Lipinski definition) is 0. The fourth-order valence-corrected chi connectivity index (χ4v) is 1.69. The van der Waals surface area contributed by atoms with Crippen LogP contribution >= 0.6 is 0 Å². The first kappa shape index (κ1) is 8.75. The van der Waals surface area contributed by atoms with Crippen LogP contribution in [0.3, 0.4) is 0 Å². The van der Waals surface area contributed by atoms with E-state index in [9.17, 15) is 0 Å². The van der Waals surface area contributed by atoms with Crippen LogP contribution in [0.1, 0.15) is 19.8 Å². The van der Waals surface area contributed by atoms with Crippen molar-refractivity contribution in [2.24, 2.45) is 0 Å². The fraction of sp³-hybridized carbons (Fsp3) is 0.778. The van der Waals surface area contributed by atoms with Crippen molar-refractivity contribution >= 4 is 0 Å². The van der Waals surface area contributed by atoms with Crippen LogP contribution in [-0.2, 0) is 9.47 Å². The van der Waals surface area contributed by atoms with Crippen molar-refractivity contribution in [2.45, 2.75) is 31.5 Å². The molecule has 0 unspecified atom stereocenters. The van der Waals surface area contributed by atoms with Crippen molar-refractivity contribution in [2.75, 3.05) is 13.2 Å². The zero-order valence-electron chi connectivity index (χ0n) is 7.14. The van der Waals surface area contributed by atoms with E-state index in [-0.39, 0.29) is 5.60 Å². The second-order valence-electron chi connectivity index (χ2n) is 3.06. The Morgan fingerprint density at radius 3 is 2.73 bits per heavy atom. The first-order valence-electron chi connectivity index (χ1n) is 4.07. The lowest BCUT2D eigenvalue weighted by Crippen LogP contribution is -2.30. The second-order valence-corrected chi connectivity index (χ2v) is 3.06. The van der Waals surface area contributed by atoms with Crippen LogP contribution in [0.15, 0.2) is 13.2 Å². The highest BCUT2D eigenvalue weighted by molar-refractivity contribution is 4.93. The molecule has 0 amide bonds. The van der Waals surface area contributed by atoms with Crippen molar-refractivity contribution in [3.8, 4) is 0 Å². The summed E-state index contributed by atoms with van der Waals surface area (Å²) < 4.78 is 11.0. The molecule has 0 N–H and O–H groups in total. The van der Waals surface area contributed by atoms with Crippen molar-refractivity contribution in [3.05, 3.63) is 13.2 Å². The van der Waals surface area contributed by atoms with E-state index >= 15 is 0 Å². The number of fused-ring (bicyclic) bond motifs is 1. The topological polar surface area (TPSA) is 18.5 Å². The van der Waals surface area contributed by atoms with E-state index in [0.717, 1.165) is 26.1 Å². The third-order valence-electron chi connectivity index (χ3n) is 2.41. The van der Waals surface area contributed by atoms with Gasteiger partial charge in [-0.15, -0.1) is 13.2 Å². The minimum Gasteiger partial charge on any atom is -0.375 e. The van der Waals surface area contributed by atoms with Crippen LogP contribution in [0.25, 0.3) is 0 Å². The average Bonchev–Trinajstić information content (AvgIpc) is 2.49. The Balaban J connectivity index is 0.000000281. The minimum atomic E-state index is 0.0833. The predicted octanol–water partition coefficient (Wildman–Crippen LogP) is 1.76. The zero-order valence-corrected chi connectivity index (χ0v) is 7.14. The van der Waals surface area contributed by atoms with Crippen LogP contribution in [0.2, 0.25) is 0 Å². The molecule has 11 heavy (non-hydrogen) atoms. The predicted molar refractivity (Wildman–Crippen MR) is 44.6 cm³/mol. The average molecular weight is 156 g/mol. The van der Waals surface area contributed by atoms with E-state index in [1.54, 1.807) is 0 Å². The standard InChI is InChI=1S/C7H12O2.C2H4/c1-7-3-5-8-6(7)2-4-9-7;1-2/h6H,2-5H2,1H3;1-2H2/t6-,7-;/m1./s1. The summed E-state index contributed by atoms with van der Waals surface area (Å²) in [6.07, 6.45) is 2.58. The molecule has 0 saturated carbocycles. The van der Waals surface area contributed by atoms with E-state index in [0.29, 0.717) is 6.10 Å². The molecule has 0 bridgehead atoms. The van der Waals surface area contributed by atoms with Crippen molar-refractivity contribution < 1.29 is 9.47 Å². The van der Waals surface area contributed by atoms with Gasteiger partial charge >= 0.3 is 0 Å². The first-order chi connectivity index (χ1) is 5.31. The van der Waals surface area contributed by atoms with Gasteiger partial charge in [-0.2, -0.15) is 0 Å². The molecular formula is C9H16O2. The molecule has 2 aliphatic rings. The number of hydrogen-bond acceptors (Lipinski definition) is 2. The maximum atomic E-state index is 5.54. The van der Waals surface area contributed by atoms with Gasteiger partial charge in [-0.3, -0.25) is 0 Å². The molecule has 0 radical (unpaired) electrons. The molecule has 2 rings (SSSR count). The van der Waals surface area contributed by atoms with E-state index in [1.165, 1.54) is 0 Å². The molecule has 2 heterocycles. The van der Waals surface area contributed by atoms with Gasteiger partial charge in [0.2, 0.25) is 0 Å². The molecule has 2 fully saturated rings. The SMILES string of the molecule is C=C.C[C@@]12CCO[C@@H]1CCO2. The molecule has 2 saturated heterocycles. The lowest BCUT2D eigenvalue weighted by molar-refractivity contribution is -0.00576. The van der Waals surface area contributed by atoms with Gasteiger partial charge in [-0.1, -0.05) is 0 Å². The van der Waals surface area contributed by atoms with Crippen molar-refractivity contribution in [1.29, 1.82) is 0 Å². The van der Waals surface area contributed by atoms with E-state index < -0.39 is 0 Å². The van der Waals surface area contributed by atoms with Crippen LogP contribution in [-0.4, -0.2) is 24.9 Å². The second kappa shape index (κ2) is 3.37. The van der Waals surface area contributed by atoms with Crippen molar-refractivity contribution in [3.63, 3.8) is 0 Å². The Bertz CT molecular complexity index is 124. The summed E-state index contributed by atoms with van der Waals surface area (Å²) >= 11 is 0. The summed E-state index contributed by atoms with van der Waals surface area (Å²) in [6.45, 7) is 9.93.